The van der Waals surface area contributed by atoms with Crippen molar-refractivity contribution < 1.29 is 14.3 Å². The van der Waals surface area contributed by atoms with Gasteiger partial charge in [0.2, 0.25) is 6.79 Å². The number of nitrogens with one attached hydrogen (secondary N) is 2. The van der Waals surface area contributed by atoms with E-state index in [1.54, 1.807) is 6.07 Å². The van der Waals surface area contributed by atoms with Gasteiger partial charge < -0.3 is 20.1 Å². The zero-order chi connectivity index (χ0) is 18.6. The van der Waals surface area contributed by atoms with Crippen LogP contribution in [0.15, 0.2) is 54.9 Å². The van der Waals surface area contributed by atoms with Gasteiger partial charge in [0.1, 0.15) is 17.8 Å². The van der Waals surface area contributed by atoms with E-state index in [1.165, 1.54) is 6.33 Å². The summed E-state index contributed by atoms with van der Waals surface area (Å²) >= 11 is 0. The number of benzene rings is 2. The molecule has 3 aromatic rings. The lowest BCUT2D eigenvalue weighted by atomic mass is 10.2. The smallest absolute Gasteiger partial charge is 0.270 e. The molecule has 0 atom stereocenters. The number of rotatable bonds is 5. The van der Waals surface area contributed by atoms with E-state index < -0.39 is 0 Å². The van der Waals surface area contributed by atoms with E-state index in [-0.39, 0.29) is 12.7 Å². The molecule has 1 aromatic heterocycles. The van der Waals surface area contributed by atoms with E-state index >= 15 is 0 Å². The third kappa shape index (κ3) is 3.98. The van der Waals surface area contributed by atoms with Crippen molar-refractivity contribution in [3.8, 4) is 11.5 Å². The maximum atomic E-state index is 12.4. The Labute approximate surface area is 156 Å². The lowest BCUT2D eigenvalue weighted by Gasteiger charge is -2.08. The Balaban J connectivity index is 1.41. The average molecular weight is 362 g/mol. The fourth-order valence-electron chi connectivity index (χ4n) is 2.74. The predicted octanol–water partition coefficient (Wildman–Crippen LogP) is 3.19. The quantitative estimate of drug-likeness (QED) is 0.725. The second-order valence-corrected chi connectivity index (χ2v) is 6.15. The minimum Gasteiger partial charge on any atom is -0.454 e. The minimum absolute atomic E-state index is 0.225. The topological polar surface area (TPSA) is 85.4 Å². The van der Waals surface area contributed by atoms with Crippen molar-refractivity contribution in [3.05, 3.63) is 71.7 Å². The van der Waals surface area contributed by atoms with Crippen molar-refractivity contribution in [2.24, 2.45) is 0 Å². The van der Waals surface area contributed by atoms with Gasteiger partial charge in [-0.1, -0.05) is 18.2 Å². The van der Waals surface area contributed by atoms with Gasteiger partial charge in [-0.05, 0) is 42.3 Å². The van der Waals surface area contributed by atoms with Crippen LogP contribution in [0, 0.1) is 6.92 Å². The second kappa shape index (κ2) is 7.33. The van der Waals surface area contributed by atoms with Crippen molar-refractivity contribution >= 4 is 17.4 Å². The van der Waals surface area contributed by atoms with E-state index in [2.05, 4.69) is 20.6 Å². The highest BCUT2D eigenvalue weighted by Crippen LogP contribution is 2.32. The van der Waals surface area contributed by atoms with Gasteiger partial charge in [0.25, 0.3) is 5.91 Å². The fraction of sp³-hybridized carbons (Fsp3) is 0.150. The van der Waals surface area contributed by atoms with Crippen LogP contribution in [0.5, 0.6) is 11.5 Å². The number of hydrogen-bond acceptors (Lipinski definition) is 6. The molecule has 0 aliphatic carbocycles. The molecule has 2 N–H and O–H groups in total. The highest BCUT2D eigenvalue weighted by atomic mass is 16.7. The number of ether oxygens (including phenoxy) is 2. The van der Waals surface area contributed by atoms with E-state index in [1.807, 2.05) is 49.4 Å². The lowest BCUT2D eigenvalue weighted by molar-refractivity contribution is 0.0945. The van der Waals surface area contributed by atoms with Gasteiger partial charge in [0.05, 0.1) is 0 Å². The number of anilines is 2. The molecule has 0 saturated heterocycles. The Hall–Kier alpha value is -3.61. The average Bonchev–Trinajstić information content (AvgIpc) is 3.14. The Bertz CT molecular complexity index is 990. The Morgan fingerprint density at radius 1 is 1.07 bits per heavy atom. The number of fused-ring (bicyclic) bond motifs is 1. The molecule has 4 rings (SSSR count). The van der Waals surface area contributed by atoms with Crippen LogP contribution in [0.1, 0.15) is 21.6 Å². The van der Waals surface area contributed by atoms with Crippen LogP contribution in [0.25, 0.3) is 0 Å². The standard InChI is InChI=1S/C20H18N4O3/c1-13-3-2-4-15(7-13)24-19-9-16(22-11-23-19)20(25)21-10-14-5-6-17-18(8-14)27-12-26-17/h2-9,11H,10,12H2,1H3,(H,21,25)(H,22,23,24). The van der Waals surface area contributed by atoms with Gasteiger partial charge in [-0.3, -0.25) is 4.79 Å². The molecule has 7 heteroatoms. The van der Waals surface area contributed by atoms with E-state index in [9.17, 15) is 4.79 Å². The number of carbonyl (C=O) groups excluding carboxylic acids is 1. The summed E-state index contributed by atoms with van der Waals surface area (Å²) in [5.41, 5.74) is 3.25. The molecule has 1 aliphatic heterocycles. The highest BCUT2D eigenvalue weighted by molar-refractivity contribution is 5.92. The number of carbonyl (C=O) groups is 1. The summed E-state index contributed by atoms with van der Waals surface area (Å²) in [5, 5.41) is 6.03. The summed E-state index contributed by atoms with van der Waals surface area (Å²) in [7, 11) is 0. The van der Waals surface area contributed by atoms with Gasteiger partial charge in [-0.15, -0.1) is 0 Å². The normalized spacial score (nSPS) is 11.9. The lowest BCUT2D eigenvalue weighted by Crippen LogP contribution is -2.24. The summed E-state index contributed by atoms with van der Waals surface area (Å²) in [5.74, 6) is 1.69. The molecule has 0 fully saturated rings. The number of aryl methyl sites for hydroxylation is 1. The first kappa shape index (κ1) is 16.8. The van der Waals surface area contributed by atoms with E-state index in [0.717, 1.165) is 16.8 Å². The SMILES string of the molecule is Cc1cccc(Nc2cc(C(=O)NCc3ccc4c(c3)OCO4)ncn2)c1. The molecule has 2 heterocycles. The second-order valence-electron chi connectivity index (χ2n) is 6.15. The van der Waals surface area contributed by atoms with Crippen LogP contribution in [0.3, 0.4) is 0 Å². The third-order valence-corrected chi connectivity index (χ3v) is 4.08. The molecule has 7 nitrogen and oxygen atoms in total. The van der Waals surface area contributed by atoms with Crippen molar-refractivity contribution in [1.29, 1.82) is 0 Å². The molecule has 136 valence electrons. The van der Waals surface area contributed by atoms with Crippen molar-refractivity contribution in [2.75, 3.05) is 12.1 Å². The van der Waals surface area contributed by atoms with Gasteiger partial charge in [0, 0.05) is 18.3 Å². The summed E-state index contributed by atoms with van der Waals surface area (Å²) in [6.45, 7) is 2.60. The largest absolute Gasteiger partial charge is 0.454 e. The van der Waals surface area contributed by atoms with Gasteiger partial charge in [0.15, 0.2) is 11.5 Å². The number of nitrogens with zero attached hydrogens (tertiary/aromatic N) is 2. The summed E-state index contributed by atoms with van der Waals surface area (Å²) in [6.07, 6.45) is 1.37. The molecule has 2 aromatic carbocycles. The molecule has 0 spiro atoms. The van der Waals surface area contributed by atoms with E-state index in [0.29, 0.717) is 29.6 Å². The zero-order valence-corrected chi connectivity index (χ0v) is 14.7. The first-order valence-electron chi connectivity index (χ1n) is 8.50. The first-order chi connectivity index (χ1) is 13.2. The number of amides is 1. The molecule has 0 unspecified atom stereocenters. The molecular formula is C20H18N4O3. The maximum absolute atomic E-state index is 12.4. The Morgan fingerprint density at radius 2 is 1.96 bits per heavy atom. The summed E-state index contributed by atoms with van der Waals surface area (Å²) in [6, 6.07) is 15.1. The van der Waals surface area contributed by atoms with Gasteiger partial charge in [-0.25, -0.2) is 9.97 Å². The monoisotopic (exact) mass is 362 g/mol. The van der Waals surface area contributed by atoms with Crippen LogP contribution in [-0.2, 0) is 6.54 Å². The van der Waals surface area contributed by atoms with Crippen LogP contribution >= 0.6 is 0 Å². The van der Waals surface area contributed by atoms with E-state index in [4.69, 9.17) is 9.47 Å². The highest BCUT2D eigenvalue weighted by Gasteiger charge is 2.14. The molecule has 1 amide bonds. The Kier molecular flexibility index (Phi) is 4.57. The zero-order valence-electron chi connectivity index (χ0n) is 14.7. The van der Waals surface area contributed by atoms with Crippen LogP contribution in [-0.4, -0.2) is 22.7 Å². The fourth-order valence-corrected chi connectivity index (χ4v) is 2.74. The summed E-state index contributed by atoms with van der Waals surface area (Å²) < 4.78 is 10.6. The Morgan fingerprint density at radius 3 is 2.85 bits per heavy atom. The summed E-state index contributed by atoms with van der Waals surface area (Å²) in [4.78, 5) is 20.7. The molecule has 1 aliphatic rings. The number of hydrogen-bond donors (Lipinski definition) is 2. The van der Waals surface area contributed by atoms with Crippen LogP contribution in [0.4, 0.5) is 11.5 Å². The molecule has 0 bridgehead atoms. The maximum Gasteiger partial charge on any atom is 0.270 e. The molecule has 0 saturated carbocycles. The minimum atomic E-state index is -0.276. The third-order valence-electron chi connectivity index (χ3n) is 4.08. The van der Waals surface area contributed by atoms with Crippen molar-refractivity contribution in [1.82, 2.24) is 15.3 Å². The van der Waals surface area contributed by atoms with Crippen molar-refractivity contribution in [2.45, 2.75) is 13.5 Å². The molecular weight excluding hydrogens is 344 g/mol. The van der Waals surface area contributed by atoms with Gasteiger partial charge >= 0.3 is 0 Å². The van der Waals surface area contributed by atoms with Crippen LogP contribution < -0.4 is 20.1 Å². The number of aromatic nitrogens is 2. The first-order valence-corrected chi connectivity index (χ1v) is 8.50. The predicted molar refractivity (Wildman–Crippen MR) is 100 cm³/mol. The van der Waals surface area contributed by atoms with Crippen molar-refractivity contribution in [3.63, 3.8) is 0 Å². The molecule has 27 heavy (non-hydrogen) atoms. The molecule has 0 radical (unpaired) electrons. The van der Waals surface area contributed by atoms with Crippen LogP contribution in [0.2, 0.25) is 0 Å². The van der Waals surface area contributed by atoms with Gasteiger partial charge in [-0.2, -0.15) is 0 Å².